The second-order valence-corrected chi connectivity index (χ2v) is 12.5. The summed E-state index contributed by atoms with van der Waals surface area (Å²) >= 11 is 1.73. The van der Waals surface area contributed by atoms with Gasteiger partial charge in [0.2, 0.25) is 0 Å². The zero-order chi connectivity index (χ0) is 27.5. The van der Waals surface area contributed by atoms with Gasteiger partial charge in [-0.1, -0.05) is 43.9 Å². The van der Waals surface area contributed by atoms with E-state index in [2.05, 4.69) is 34.6 Å². The molecule has 0 amide bonds. The van der Waals surface area contributed by atoms with E-state index in [0.717, 1.165) is 84.2 Å². The summed E-state index contributed by atoms with van der Waals surface area (Å²) in [5.74, 6) is -0.159. The van der Waals surface area contributed by atoms with Crippen molar-refractivity contribution < 1.29 is 24.5 Å². The standard InChI is InChI=1S/C31H46N2O5S/c32-23-24-22-27(34)26(9-5-10-28(35)31(13-7-14-31)29-11-6-21-39-29)25(24)8-3-1-2-4-12-30(36)38-20-17-33-15-18-37-19-16-33/h5-6,9,11,21,24-28,34-35H,1-4,7-8,10,12-20,22H2/b9-5+/t24?,25-,26?,27+,28?/m0/s1. The van der Waals surface area contributed by atoms with Gasteiger partial charge in [-0.25, -0.2) is 0 Å². The summed E-state index contributed by atoms with van der Waals surface area (Å²) in [5.41, 5.74) is -0.115. The van der Waals surface area contributed by atoms with E-state index >= 15 is 0 Å². The monoisotopic (exact) mass is 558 g/mol. The number of morpholine rings is 1. The summed E-state index contributed by atoms with van der Waals surface area (Å²) in [4.78, 5) is 15.6. The molecule has 216 valence electrons. The number of hydrogen-bond acceptors (Lipinski definition) is 8. The fourth-order valence-electron chi connectivity index (χ4n) is 6.60. The van der Waals surface area contributed by atoms with Gasteiger partial charge < -0.3 is 19.7 Å². The molecule has 2 aliphatic carbocycles. The number of rotatable bonds is 15. The second-order valence-electron chi connectivity index (χ2n) is 11.6. The van der Waals surface area contributed by atoms with Gasteiger partial charge >= 0.3 is 5.97 Å². The Balaban J connectivity index is 1.14. The molecule has 2 heterocycles. The van der Waals surface area contributed by atoms with Gasteiger partial charge in [0.15, 0.2) is 0 Å². The maximum absolute atomic E-state index is 12.0. The first-order valence-electron chi connectivity index (χ1n) is 15.0. The van der Waals surface area contributed by atoms with Crippen LogP contribution in [0.25, 0.3) is 0 Å². The second kappa shape index (κ2) is 15.3. The highest BCUT2D eigenvalue weighted by molar-refractivity contribution is 7.10. The molecule has 1 aliphatic heterocycles. The van der Waals surface area contributed by atoms with E-state index in [4.69, 9.17) is 9.47 Å². The first-order valence-corrected chi connectivity index (χ1v) is 15.8. The zero-order valence-corrected chi connectivity index (χ0v) is 24.0. The summed E-state index contributed by atoms with van der Waals surface area (Å²) in [5, 5.41) is 33.6. The lowest BCUT2D eigenvalue weighted by Gasteiger charge is -2.45. The van der Waals surface area contributed by atoms with Crippen molar-refractivity contribution in [2.75, 3.05) is 39.5 Å². The Morgan fingerprint density at radius 1 is 1.28 bits per heavy atom. The quantitative estimate of drug-likeness (QED) is 0.181. The number of hydrogen-bond donors (Lipinski definition) is 2. The van der Waals surface area contributed by atoms with Crippen LogP contribution in [0.15, 0.2) is 29.7 Å². The molecular formula is C31H46N2O5S. The van der Waals surface area contributed by atoms with Crippen LogP contribution >= 0.6 is 11.3 Å². The lowest BCUT2D eigenvalue weighted by molar-refractivity contribution is -0.144. The van der Waals surface area contributed by atoms with Gasteiger partial charge in [-0.3, -0.25) is 9.69 Å². The molecule has 0 spiro atoms. The number of nitrogens with zero attached hydrogens (tertiary/aromatic N) is 2. The first kappa shape index (κ1) is 30.2. The van der Waals surface area contributed by atoms with E-state index in [-0.39, 0.29) is 29.1 Å². The van der Waals surface area contributed by atoms with Crippen LogP contribution in [0.5, 0.6) is 0 Å². The van der Waals surface area contributed by atoms with Crippen LogP contribution in [0.1, 0.15) is 75.5 Å². The fourth-order valence-corrected chi connectivity index (χ4v) is 7.64. The third kappa shape index (κ3) is 8.14. The van der Waals surface area contributed by atoms with Crippen LogP contribution in [0, 0.1) is 29.1 Å². The van der Waals surface area contributed by atoms with Crippen LogP contribution in [-0.2, 0) is 19.7 Å². The predicted octanol–water partition coefficient (Wildman–Crippen LogP) is 4.83. The SMILES string of the molecule is N#CC1C[C@@H](O)C(/C=C/CC(O)C2(c3cccs3)CCC2)[C@H]1CCCCCCC(=O)OCCN1CCOCC1. The van der Waals surface area contributed by atoms with Gasteiger partial charge in [0.05, 0.1) is 37.4 Å². The number of thiophene rings is 1. The van der Waals surface area contributed by atoms with Gasteiger partial charge in [-0.2, -0.15) is 5.26 Å². The maximum Gasteiger partial charge on any atom is 0.305 e. The highest BCUT2D eigenvalue weighted by Gasteiger charge is 2.45. The number of carbonyl (C=O) groups is 1. The van der Waals surface area contributed by atoms with E-state index in [1.165, 1.54) is 4.88 Å². The van der Waals surface area contributed by atoms with Crippen molar-refractivity contribution in [3.63, 3.8) is 0 Å². The van der Waals surface area contributed by atoms with E-state index < -0.39 is 12.2 Å². The number of unbranched alkanes of at least 4 members (excludes halogenated alkanes) is 3. The molecule has 5 atom stereocenters. The number of aliphatic hydroxyl groups excluding tert-OH is 2. The van der Waals surface area contributed by atoms with Crippen LogP contribution < -0.4 is 0 Å². The Labute approximate surface area is 237 Å². The summed E-state index contributed by atoms with van der Waals surface area (Å²) in [7, 11) is 0. The third-order valence-corrected chi connectivity index (χ3v) is 10.3. The normalized spacial score (nSPS) is 27.7. The number of carbonyl (C=O) groups excluding carboxylic acids is 1. The summed E-state index contributed by atoms with van der Waals surface area (Å²) in [6, 6.07) is 6.63. The smallest absolute Gasteiger partial charge is 0.305 e. The third-order valence-electron chi connectivity index (χ3n) is 9.17. The molecule has 7 nitrogen and oxygen atoms in total. The first-order chi connectivity index (χ1) is 19.0. The van der Waals surface area contributed by atoms with Crippen molar-refractivity contribution in [3.8, 4) is 6.07 Å². The molecule has 3 fully saturated rings. The topological polar surface area (TPSA) is 103 Å². The van der Waals surface area contributed by atoms with Crippen molar-refractivity contribution >= 4 is 17.3 Å². The minimum Gasteiger partial charge on any atom is -0.464 e. The van der Waals surface area contributed by atoms with Gasteiger partial charge in [-0.05, 0) is 55.9 Å². The molecule has 1 aromatic heterocycles. The molecule has 0 radical (unpaired) electrons. The molecule has 39 heavy (non-hydrogen) atoms. The summed E-state index contributed by atoms with van der Waals surface area (Å²) in [6.07, 6.45) is 12.6. The lowest BCUT2D eigenvalue weighted by atomic mass is 9.63. The molecule has 8 heteroatoms. The minimum absolute atomic E-state index is 0.0395. The van der Waals surface area contributed by atoms with E-state index in [1.54, 1.807) is 11.3 Å². The average molecular weight is 559 g/mol. The number of ether oxygens (including phenoxy) is 2. The molecule has 1 aromatic rings. The Bertz CT molecular complexity index is 935. The van der Waals surface area contributed by atoms with Crippen LogP contribution in [-0.4, -0.2) is 72.7 Å². The van der Waals surface area contributed by atoms with Gasteiger partial charge in [0.25, 0.3) is 0 Å². The van der Waals surface area contributed by atoms with E-state index in [0.29, 0.717) is 25.9 Å². The van der Waals surface area contributed by atoms with Gasteiger partial charge in [0.1, 0.15) is 6.61 Å². The summed E-state index contributed by atoms with van der Waals surface area (Å²) < 4.78 is 10.7. The van der Waals surface area contributed by atoms with Gasteiger partial charge in [-0.15, -0.1) is 11.3 Å². The average Bonchev–Trinajstić information content (AvgIpc) is 3.55. The molecule has 4 rings (SSSR count). The molecular weight excluding hydrogens is 512 g/mol. The molecule has 1 saturated heterocycles. The van der Waals surface area contributed by atoms with Crippen molar-refractivity contribution in [1.82, 2.24) is 4.90 Å². The highest BCUT2D eigenvalue weighted by atomic mass is 32.1. The molecule has 0 aromatic carbocycles. The summed E-state index contributed by atoms with van der Waals surface area (Å²) in [6.45, 7) is 4.51. The number of esters is 1. The minimum atomic E-state index is -0.504. The maximum atomic E-state index is 12.0. The Morgan fingerprint density at radius 2 is 2.08 bits per heavy atom. The highest BCUT2D eigenvalue weighted by Crippen LogP contribution is 2.49. The van der Waals surface area contributed by atoms with Crippen molar-refractivity contribution in [1.29, 1.82) is 5.26 Å². The van der Waals surface area contributed by atoms with E-state index in [9.17, 15) is 20.3 Å². The van der Waals surface area contributed by atoms with Crippen molar-refractivity contribution in [3.05, 3.63) is 34.5 Å². The Morgan fingerprint density at radius 3 is 2.77 bits per heavy atom. The Kier molecular flexibility index (Phi) is 11.8. The zero-order valence-electron chi connectivity index (χ0n) is 23.2. The van der Waals surface area contributed by atoms with Gasteiger partial charge in [0, 0.05) is 42.3 Å². The lowest BCUT2D eigenvalue weighted by Crippen LogP contribution is -2.44. The van der Waals surface area contributed by atoms with Crippen LogP contribution in [0.3, 0.4) is 0 Å². The molecule has 3 unspecified atom stereocenters. The van der Waals surface area contributed by atoms with Crippen LogP contribution in [0.4, 0.5) is 0 Å². The number of aliphatic hydroxyl groups is 2. The predicted molar refractivity (Wildman–Crippen MR) is 152 cm³/mol. The molecule has 0 bridgehead atoms. The van der Waals surface area contributed by atoms with E-state index in [1.807, 2.05) is 6.08 Å². The largest absolute Gasteiger partial charge is 0.464 e. The number of nitriles is 1. The van der Waals surface area contributed by atoms with Crippen LogP contribution in [0.2, 0.25) is 0 Å². The molecule has 2 N–H and O–H groups in total. The van der Waals surface area contributed by atoms with Crippen molar-refractivity contribution in [2.45, 2.75) is 88.3 Å². The molecule has 2 saturated carbocycles. The van der Waals surface area contributed by atoms with Crippen molar-refractivity contribution in [2.24, 2.45) is 17.8 Å². The molecule has 3 aliphatic rings. The Hall–Kier alpha value is -1.76. The fraction of sp³-hybridized carbons (Fsp3) is 0.742.